The van der Waals surface area contributed by atoms with Crippen molar-refractivity contribution < 1.29 is 9.21 Å². The molecule has 0 saturated heterocycles. The summed E-state index contributed by atoms with van der Waals surface area (Å²) < 4.78 is 6.45. The highest BCUT2D eigenvalue weighted by Gasteiger charge is 2.09. The lowest BCUT2D eigenvalue weighted by Gasteiger charge is -2.08. The minimum absolute atomic E-state index is 0.215. The maximum atomic E-state index is 11.9. The van der Waals surface area contributed by atoms with Crippen LogP contribution in [0.1, 0.15) is 15.9 Å². The van der Waals surface area contributed by atoms with Crippen molar-refractivity contribution in [1.29, 1.82) is 0 Å². The summed E-state index contributed by atoms with van der Waals surface area (Å²) in [6, 6.07) is 7.10. The van der Waals surface area contributed by atoms with Gasteiger partial charge in [-0.3, -0.25) is 4.79 Å². The molecule has 0 saturated carbocycles. The third-order valence-electron chi connectivity index (χ3n) is 2.83. The summed E-state index contributed by atoms with van der Waals surface area (Å²) in [7, 11) is 0. The van der Waals surface area contributed by atoms with Gasteiger partial charge in [0.15, 0.2) is 0 Å². The minimum Gasteiger partial charge on any atom is -0.472 e. The molecule has 1 N–H and O–H groups in total. The zero-order chi connectivity index (χ0) is 13.9. The molecule has 100 valence electrons. The number of carbonyl (C=O) groups is 1. The number of rotatable bonds is 3. The Morgan fingerprint density at radius 2 is 2.25 bits per heavy atom. The molecule has 0 unspecified atom stereocenters. The fourth-order valence-electron chi connectivity index (χ4n) is 1.86. The summed E-state index contributed by atoms with van der Waals surface area (Å²) in [6.07, 6.45) is 4.38. The predicted octanol–water partition coefficient (Wildman–Crippen LogP) is 1.82. The number of hydrogen-bond donors (Lipinski definition) is 1. The Morgan fingerprint density at radius 1 is 1.35 bits per heavy atom. The monoisotopic (exact) mass is 269 g/mol. The number of aryl methyl sites for hydroxylation is 1. The highest BCUT2D eigenvalue weighted by Crippen LogP contribution is 2.18. The van der Waals surface area contributed by atoms with Gasteiger partial charge >= 0.3 is 0 Å². The second-order valence-electron chi connectivity index (χ2n) is 4.22. The van der Waals surface area contributed by atoms with Gasteiger partial charge in [0.05, 0.1) is 17.5 Å². The van der Waals surface area contributed by atoms with E-state index in [9.17, 15) is 4.79 Å². The van der Waals surface area contributed by atoms with E-state index in [4.69, 9.17) is 4.42 Å². The Morgan fingerprint density at radius 3 is 2.90 bits per heavy atom. The Bertz CT molecular complexity index is 719. The maximum Gasteiger partial charge on any atom is 0.258 e. The highest BCUT2D eigenvalue weighted by atomic mass is 16.3. The molecule has 0 atom stereocenters. The quantitative estimate of drug-likeness (QED) is 0.783. The van der Waals surface area contributed by atoms with Crippen LogP contribution in [0.25, 0.3) is 5.69 Å². The number of tetrazole rings is 1. The molecule has 3 aromatic rings. The van der Waals surface area contributed by atoms with Gasteiger partial charge in [0.2, 0.25) is 0 Å². The summed E-state index contributed by atoms with van der Waals surface area (Å²) in [6.45, 7) is 1.92. The smallest absolute Gasteiger partial charge is 0.258 e. The number of anilines is 1. The van der Waals surface area contributed by atoms with Crippen LogP contribution in [0.3, 0.4) is 0 Å². The number of hydrogen-bond acceptors (Lipinski definition) is 5. The molecule has 2 heterocycles. The molecule has 0 radical (unpaired) electrons. The largest absolute Gasteiger partial charge is 0.472 e. The third kappa shape index (κ3) is 2.28. The van der Waals surface area contributed by atoms with Gasteiger partial charge < -0.3 is 9.73 Å². The summed E-state index contributed by atoms with van der Waals surface area (Å²) in [5.74, 6) is -0.215. The number of furan rings is 1. The predicted molar refractivity (Wildman–Crippen MR) is 70.6 cm³/mol. The lowest BCUT2D eigenvalue weighted by molar-refractivity contribution is 0.102. The minimum atomic E-state index is -0.215. The Balaban J connectivity index is 1.82. The van der Waals surface area contributed by atoms with Gasteiger partial charge in [0.1, 0.15) is 12.6 Å². The lowest BCUT2D eigenvalue weighted by atomic mass is 10.1. The van der Waals surface area contributed by atoms with E-state index in [1.807, 2.05) is 19.1 Å². The van der Waals surface area contributed by atoms with Crippen molar-refractivity contribution in [2.45, 2.75) is 6.92 Å². The van der Waals surface area contributed by atoms with Crippen LogP contribution in [-0.2, 0) is 0 Å². The molecule has 0 fully saturated rings. The average molecular weight is 269 g/mol. The third-order valence-corrected chi connectivity index (χ3v) is 2.83. The Kier molecular flexibility index (Phi) is 3.00. The van der Waals surface area contributed by atoms with Crippen LogP contribution in [0.2, 0.25) is 0 Å². The molecule has 0 aliphatic rings. The van der Waals surface area contributed by atoms with E-state index in [-0.39, 0.29) is 5.91 Å². The molecule has 7 nitrogen and oxygen atoms in total. The van der Waals surface area contributed by atoms with E-state index in [0.29, 0.717) is 11.3 Å². The van der Waals surface area contributed by atoms with Crippen LogP contribution in [0.4, 0.5) is 5.69 Å². The molecular weight excluding hydrogens is 258 g/mol. The van der Waals surface area contributed by atoms with Crippen LogP contribution in [0.15, 0.2) is 47.5 Å². The van der Waals surface area contributed by atoms with Crippen molar-refractivity contribution in [2.24, 2.45) is 0 Å². The molecule has 20 heavy (non-hydrogen) atoms. The second-order valence-corrected chi connectivity index (χ2v) is 4.22. The number of nitrogens with one attached hydrogen (secondary N) is 1. The number of amides is 1. The van der Waals surface area contributed by atoms with E-state index in [0.717, 1.165) is 11.3 Å². The summed E-state index contributed by atoms with van der Waals surface area (Å²) in [5.41, 5.74) is 2.98. The molecular formula is C13H11N5O2. The van der Waals surface area contributed by atoms with Crippen LogP contribution in [0.5, 0.6) is 0 Å². The summed E-state index contributed by atoms with van der Waals surface area (Å²) in [5, 5.41) is 13.8. The first kappa shape index (κ1) is 12.1. The Hall–Kier alpha value is -2.96. The molecule has 2 aromatic heterocycles. The molecule has 1 amide bonds. The standard InChI is InChI=1S/C13H11N5O2/c1-9-6-11(15-13(19)10-4-5-20-7-10)2-3-12(9)18-8-14-16-17-18/h2-8H,1H3,(H,15,19). The first-order valence-corrected chi connectivity index (χ1v) is 5.91. The average Bonchev–Trinajstić information content (AvgIpc) is 3.12. The summed E-state index contributed by atoms with van der Waals surface area (Å²) in [4.78, 5) is 11.9. The van der Waals surface area contributed by atoms with Crippen LogP contribution >= 0.6 is 0 Å². The molecule has 0 spiro atoms. The highest BCUT2D eigenvalue weighted by molar-refractivity contribution is 6.04. The van der Waals surface area contributed by atoms with Crippen molar-refractivity contribution in [3.63, 3.8) is 0 Å². The zero-order valence-electron chi connectivity index (χ0n) is 10.6. The van der Waals surface area contributed by atoms with Crippen molar-refractivity contribution in [2.75, 3.05) is 5.32 Å². The lowest BCUT2D eigenvalue weighted by Crippen LogP contribution is -2.11. The number of benzene rings is 1. The number of aromatic nitrogens is 4. The van der Waals surface area contributed by atoms with Gasteiger partial charge in [-0.2, -0.15) is 0 Å². The van der Waals surface area contributed by atoms with Crippen LogP contribution in [0, 0.1) is 6.92 Å². The fraction of sp³-hybridized carbons (Fsp3) is 0.0769. The van der Waals surface area contributed by atoms with Crippen LogP contribution < -0.4 is 5.32 Å². The van der Waals surface area contributed by atoms with E-state index < -0.39 is 0 Å². The molecule has 0 bridgehead atoms. The fourth-order valence-corrected chi connectivity index (χ4v) is 1.86. The summed E-state index contributed by atoms with van der Waals surface area (Å²) >= 11 is 0. The van der Waals surface area contributed by atoms with Gasteiger partial charge in [-0.15, -0.1) is 5.10 Å². The maximum absolute atomic E-state index is 11.9. The van der Waals surface area contributed by atoms with Gasteiger partial charge in [0.25, 0.3) is 5.91 Å². The molecule has 1 aromatic carbocycles. The molecule has 3 rings (SSSR count). The van der Waals surface area contributed by atoms with Gasteiger partial charge in [-0.05, 0) is 47.2 Å². The number of carbonyl (C=O) groups excluding carboxylic acids is 1. The zero-order valence-corrected chi connectivity index (χ0v) is 10.6. The molecule has 7 heteroatoms. The van der Waals surface area contributed by atoms with Gasteiger partial charge in [0, 0.05) is 5.69 Å². The van der Waals surface area contributed by atoms with E-state index in [1.165, 1.54) is 18.9 Å². The topological polar surface area (TPSA) is 85.8 Å². The van der Waals surface area contributed by atoms with E-state index in [2.05, 4.69) is 20.8 Å². The first-order chi connectivity index (χ1) is 9.74. The normalized spacial score (nSPS) is 10.4. The van der Waals surface area contributed by atoms with Crippen molar-refractivity contribution >= 4 is 11.6 Å². The van der Waals surface area contributed by atoms with Gasteiger partial charge in [-0.1, -0.05) is 0 Å². The van der Waals surface area contributed by atoms with Crippen molar-refractivity contribution in [3.8, 4) is 5.69 Å². The van der Waals surface area contributed by atoms with Gasteiger partial charge in [-0.25, -0.2) is 4.68 Å². The SMILES string of the molecule is Cc1cc(NC(=O)c2ccoc2)ccc1-n1cnnn1. The van der Waals surface area contributed by atoms with Crippen molar-refractivity contribution in [1.82, 2.24) is 20.2 Å². The first-order valence-electron chi connectivity index (χ1n) is 5.91. The molecule has 0 aliphatic carbocycles. The van der Waals surface area contributed by atoms with Crippen molar-refractivity contribution in [3.05, 3.63) is 54.2 Å². The van der Waals surface area contributed by atoms with E-state index >= 15 is 0 Å². The molecule has 0 aliphatic heterocycles. The second kappa shape index (κ2) is 4.96. The van der Waals surface area contributed by atoms with E-state index in [1.54, 1.807) is 16.8 Å². The Labute approximate surface area is 114 Å². The van der Waals surface area contributed by atoms with Crippen LogP contribution in [-0.4, -0.2) is 26.1 Å². The number of nitrogens with zero attached hydrogens (tertiary/aromatic N) is 4.